The number of amides is 2. The summed E-state index contributed by atoms with van der Waals surface area (Å²) < 4.78 is 5.00. The summed E-state index contributed by atoms with van der Waals surface area (Å²) in [4.78, 5) is 27.2. The Bertz CT molecular complexity index is 1130. The van der Waals surface area contributed by atoms with Crippen molar-refractivity contribution in [3.63, 3.8) is 0 Å². The Kier molecular flexibility index (Phi) is 6.45. The fourth-order valence-corrected chi connectivity index (χ4v) is 2.99. The lowest BCUT2D eigenvalue weighted by molar-refractivity contribution is 0.101. The van der Waals surface area contributed by atoms with Crippen LogP contribution in [0.3, 0.4) is 0 Å². The molecule has 31 heavy (non-hydrogen) atoms. The lowest BCUT2D eigenvalue weighted by Gasteiger charge is -2.14. The SMILES string of the molecule is COc1ccc(C(=O)Nc2cc(NC(=O)c3cccc(N(C)C)c3)ccc2C)cc1O. The average Bonchev–Trinajstić information content (AvgIpc) is 2.76. The third-order valence-corrected chi connectivity index (χ3v) is 4.81. The van der Waals surface area contributed by atoms with E-state index >= 15 is 0 Å². The van der Waals surface area contributed by atoms with E-state index < -0.39 is 0 Å². The highest BCUT2D eigenvalue weighted by molar-refractivity contribution is 6.07. The van der Waals surface area contributed by atoms with E-state index in [1.807, 2.05) is 50.2 Å². The maximum Gasteiger partial charge on any atom is 0.255 e. The van der Waals surface area contributed by atoms with Crippen LogP contribution in [0.4, 0.5) is 17.1 Å². The minimum Gasteiger partial charge on any atom is -0.504 e. The van der Waals surface area contributed by atoms with Crippen LogP contribution >= 0.6 is 0 Å². The lowest BCUT2D eigenvalue weighted by Crippen LogP contribution is -2.15. The van der Waals surface area contributed by atoms with Gasteiger partial charge in [0.05, 0.1) is 7.11 Å². The Morgan fingerprint density at radius 2 is 1.61 bits per heavy atom. The third-order valence-electron chi connectivity index (χ3n) is 4.81. The number of rotatable bonds is 6. The minimum atomic E-state index is -0.386. The fraction of sp³-hybridized carbons (Fsp3) is 0.167. The van der Waals surface area contributed by atoms with Gasteiger partial charge in [-0.3, -0.25) is 9.59 Å². The zero-order valence-electron chi connectivity index (χ0n) is 17.9. The third kappa shape index (κ3) is 5.14. The molecule has 0 fully saturated rings. The van der Waals surface area contributed by atoms with Gasteiger partial charge in [0.25, 0.3) is 11.8 Å². The number of hydrogen-bond donors (Lipinski definition) is 3. The van der Waals surface area contributed by atoms with Gasteiger partial charge < -0.3 is 25.4 Å². The zero-order chi connectivity index (χ0) is 22.5. The largest absolute Gasteiger partial charge is 0.504 e. The molecule has 2 amide bonds. The number of nitrogens with zero attached hydrogens (tertiary/aromatic N) is 1. The summed E-state index contributed by atoms with van der Waals surface area (Å²) in [5.74, 6) is -0.461. The Balaban J connectivity index is 1.77. The van der Waals surface area contributed by atoms with Gasteiger partial charge in [0.1, 0.15) is 0 Å². The molecule has 0 radical (unpaired) electrons. The standard InChI is InChI=1S/C24H25N3O4/c1-15-8-10-18(25-23(29)16-6-5-7-19(12-16)27(2)3)14-20(15)26-24(30)17-9-11-22(31-4)21(28)13-17/h5-14,28H,1-4H3,(H,25,29)(H,26,30). The first kappa shape index (κ1) is 21.7. The van der Waals surface area contributed by atoms with Crippen molar-refractivity contribution in [2.45, 2.75) is 6.92 Å². The van der Waals surface area contributed by atoms with Gasteiger partial charge in [-0.05, 0) is 61.0 Å². The van der Waals surface area contributed by atoms with Crippen LogP contribution in [-0.4, -0.2) is 38.1 Å². The van der Waals surface area contributed by atoms with Crippen molar-refractivity contribution < 1.29 is 19.4 Å². The smallest absolute Gasteiger partial charge is 0.255 e. The summed E-state index contributed by atoms with van der Waals surface area (Å²) in [5, 5.41) is 15.6. The summed E-state index contributed by atoms with van der Waals surface area (Å²) in [5.41, 5.74) is 3.68. The number of phenolic OH excluding ortho intramolecular Hbond substituents is 1. The van der Waals surface area contributed by atoms with Gasteiger partial charge in [-0.15, -0.1) is 0 Å². The van der Waals surface area contributed by atoms with Crippen molar-refractivity contribution in [2.24, 2.45) is 0 Å². The predicted molar refractivity (Wildman–Crippen MR) is 123 cm³/mol. The molecule has 0 saturated carbocycles. The van der Waals surface area contributed by atoms with Crippen molar-refractivity contribution in [3.05, 3.63) is 77.4 Å². The molecule has 3 rings (SSSR count). The molecule has 0 spiro atoms. The van der Waals surface area contributed by atoms with Gasteiger partial charge in [0.2, 0.25) is 0 Å². The second kappa shape index (κ2) is 9.21. The summed E-state index contributed by atoms with van der Waals surface area (Å²) in [7, 11) is 5.26. The molecule has 0 bridgehead atoms. The molecule has 0 saturated heterocycles. The van der Waals surface area contributed by atoms with Gasteiger partial charge in [-0.2, -0.15) is 0 Å². The van der Waals surface area contributed by atoms with Crippen molar-refractivity contribution in [3.8, 4) is 11.5 Å². The Morgan fingerprint density at radius 3 is 2.29 bits per heavy atom. The molecule has 0 aliphatic heterocycles. The van der Waals surface area contributed by atoms with Gasteiger partial charge in [-0.1, -0.05) is 12.1 Å². The summed E-state index contributed by atoms with van der Waals surface area (Å²) in [6.45, 7) is 1.85. The fourth-order valence-electron chi connectivity index (χ4n) is 2.99. The molecule has 0 atom stereocenters. The van der Waals surface area contributed by atoms with Crippen LogP contribution in [0.5, 0.6) is 11.5 Å². The molecule has 3 aromatic carbocycles. The second-order valence-electron chi connectivity index (χ2n) is 7.27. The lowest BCUT2D eigenvalue weighted by atomic mass is 10.1. The predicted octanol–water partition coefficient (Wildman–Crippen LogP) is 4.28. The number of phenols is 1. The normalized spacial score (nSPS) is 10.3. The first-order chi connectivity index (χ1) is 14.8. The average molecular weight is 419 g/mol. The number of aryl methyl sites for hydroxylation is 1. The van der Waals surface area contributed by atoms with Crippen LogP contribution in [0.15, 0.2) is 60.7 Å². The highest BCUT2D eigenvalue weighted by atomic mass is 16.5. The van der Waals surface area contributed by atoms with E-state index in [9.17, 15) is 14.7 Å². The first-order valence-corrected chi connectivity index (χ1v) is 9.66. The molecule has 0 aliphatic carbocycles. The number of benzene rings is 3. The molecule has 7 nitrogen and oxygen atoms in total. The first-order valence-electron chi connectivity index (χ1n) is 9.66. The quantitative estimate of drug-likeness (QED) is 0.555. The Labute approximate surface area is 181 Å². The number of aromatic hydroxyl groups is 1. The maximum absolute atomic E-state index is 12.7. The van der Waals surface area contributed by atoms with E-state index in [1.165, 1.54) is 19.2 Å². The molecule has 0 aliphatic rings. The number of nitrogens with one attached hydrogen (secondary N) is 2. The number of carbonyl (C=O) groups is 2. The molecule has 3 aromatic rings. The van der Waals surface area contributed by atoms with Gasteiger partial charge >= 0.3 is 0 Å². The van der Waals surface area contributed by atoms with Crippen LogP contribution in [0.2, 0.25) is 0 Å². The van der Waals surface area contributed by atoms with Crippen molar-refractivity contribution >= 4 is 28.9 Å². The monoisotopic (exact) mass is 419 g/mol. The van der Waals surface area contributed by atoms with Crippen molar-refractivity contribution in [2.75, 3.05) is 36.7 Å². The van der Waals surface area contributed by atoms with E-state index in [4.69, 9.17) is 4.74 Å². The van der Waals surface area contributed by atoms with Crippen LogP contribution in [0, 0.1) is 6.92 Å². The van der Waals surface area contributed by atoms with Crippen LogP contribution < -0.4 is 20.3 Å². The number of carbonyl (C=O) groups excluding carboxylic acids is 2. The van der Waals surface area contributed by atoms with E-state index in [1.54, 1.807) is 24.3 Å². The van der Waals surface area contributed by atoms with E-state index in [0.717, 1.165) is 11.3 Å². The van der Waals surface area contributed by atoms with Crippen molar-refractivity contribution in [1.82, 2.24) is 0 Å². The minimum absolute atomic E-state index is 0.118. The molecule has 0 aromatic heterocycles. The van der Waals surface area contributed by atoms with Gasteiger partial charge in [-0.25, -0.2) is 0 Å². The molecular formula is C24H25N3O4. The molecular weight excluding hydrogens is 394 g/mol. The number of ether oxygens (including phenoxy) is 1. The number of anilines is 3. The summed E-state index contributed by atoms with van der Waals surface area (Å²) >= 11 is 0. The van der Waals surface area contributed by atoms with Crippen LogP contribution in [-0.2, 0) is 0 Å². The number of methoxy groups -OCH3 is 1. The highest BCUT2D eigenvalue weighted by Crippen LogP contribution is 2.27. The van der Waals surface area contributed by atoms with E-state index in [2.05, 4.69) is 10.6 Å². The zero-order valence-corrected chi connectivity index (χ0v) is 17.9. The highest BCUT2D eigenvalue weighted by Gasteiger charge is 2.13. The molecule has 160 valence electrons. The van der Waals surface area contributed by atoms with Crippen LogP contribution in [0.1, 0.15) is 26.3 Å². The van der Waals surface area contributed by atoms with E-state index in [-0.39, 0.29) is 28.9 Å². The Morgan fingerprint density at radius 1 is 0.903 bits per heavy atom. The summed E-state index contributed by atoms with van der Waals surface area (Å²) in [6.07, 6.45) is 0. The Hall–Kier alpha value is -4.00. The van der Waals surface area contributed by atoms with Gasteiger partial charge in [0.15, 0.2) is 11.5 Å². The molecule has 7 heteroatoms. The van der Waals surface area contributed by atoms with E-state index in [0.29, 0.717) is 16.9 Å². The molecule has 3 N–H and O–H groups in total. The van der Waals surface area contributed by atoms with Crippen LogP contribution in [0.25, 0.3) is 0 Å². The second-order valence-corrected chi connectivity index (χ2v) is 7.27. The number of hydrogen-bond acceptors (Lipinski definition) is 5. The maximum atomic E-state index is 12.7. The molecule has 0 heterocycles. The summed E-state index contributed by atoms with van der Waals surface area (Å²) in [6, 6.07) is 17.0. The topological polar surface area (TPSA) is 90.9 Å². The van der Waals surface area contributed by atoms with Gasteiger partial charge in [0, 0.05) is 42.3 Å². The molecule has 0 unspecified atom stereocenters. The van der Waals surface area contributed by atoms with Crippen molar-refractivity contribution in [1.29, 1.82) is 0 Å².